The minimum Gasteiger partial charge on any atom is -0.545 e. The van der Waals surface area contributed by atoms with E-state index in [-0.39, 0.29) is 118 Å². The topological polar surface area (TPSA) is 161 Å². The van der Waals surface area contributed by atoms with Crippen LogP contribution >= 0.6 is 0 Å². The molecule has 0 heterocycles. The molecule has 2 aromatic rings. The molecule has 112 valence electrons. The van der Waals surface area contributed by atoms with Gasteiger partial charge in [0.15, 0.2) is 0 Å². The molecule has 8 nitrogen and oxygen atoms in total. The molecule has 26 heavy (non-hydrogen) atoms. The molecule has 0 aliphatic heterocycles. The second-order valence-electron chi connectivity index (χ2n) is 4.22. The Morgan fingerprint density at radius 3 is 0.731 bits per heavy atom. The second kappa shape index (κ2) is 12.9. The molecule has 0 saturated heterocycles. The fourth-order valence-corrected chi connectivity index (χ4v) is 2.18. The number of hydrogen-bond acceptors (Lipinski definition) is 8. The Labute approximate surface area is 235 Å². The van der Waals surface area contributed by atoms with Crippen molar-refractivity contribution in [3.05, 3.63) is 46.5 Å². The van der Waals surface area contributed by atoms with E-state index in [1.54, 1.807) is 0 Å². The first kappa shape index (κ1) is 31.3. The molecule has 0 aromatic heterocycles. The summed E-state index contributed by atoms with van der Waals surface area (Å²) in [5.41, 5.74) is -2.77. The van der Waals surface area contributed by atoms with Crippen LogP contribution in [-0.4, -0.2) is 23.9 Å². The molecule has 0 aliphatic rings. The third kappa shape index (κ3) is 6.30. The number of carboxylic acid groups (broad SMARTS) is 4. The Morgan fingerprint density at radius 1 is 0.462 bits per heavy atom. The Bertz CT molecular complexity index is 728. The van der Waals surface area contributed by atoms with Crippen LogP contribution in [0.3, 0.4) is 0 Å². The SMILES string of the molecule is O=C([O-])c1ccc(C(=O)[O-])c2c(C(=O)[O-])ccc(C(=O)[O-])c12.[Na+].[Na+].[Na+].[Na+]. The van der Waals surface area contributed by atoms with E-state index in [9.17, 15) is 39.6 Å². The van der Waals surface area contributed by atoms with Gasteiger partial charge in [-0.3, -0.25) is 0 Å². The predicted molar refractivity (Wildman–Crippen MR) is 61.3 cm³/mol. The van der Waals surface area contributed by atoms with Gasteiger partial charge >= 0.3 is 118 Å². The molecule has 0 fully saturated rings. The quantitative estimate of drug-likeness (QED) is 0.464. The van der Waals surface area contributed by atoms with E-state index in [4.69, 9.17) is 0 Å². The van der Waals surface area contributed by atoms with Crippen molar-refractivity contribution in [3.63, 3.8) is 0 Å². The Hall–Kier alpha value is 0.580. The van der Waals surface area contributed by atoms with Crippen LogP contribution < -0.4 is 139 Å². The maximum absolute atomic E-state index is 11.1. The van der Waals surface area contributed by atoms with Crippen molar-refractivity contribution < 1.29 is 158 Å². The van der Waals surface area contributed by atoms with Gasteiger partial charge in [-0.05, 0) is 0 Å². The first-order chi connectivity index (χ1) is 10.3. The van der Waals surface area contributed by atoms with Crippen LogP contribution in [0.1, 0.15) is 41.4 Å². The van der Waals surface area contributed by atoms with Crippen molar-refractivity contribution in [2.24, 2.45) is 0 Å². The molecule has 0 amide bonds. The van der Waals surface area contributed by atoms with E-state index in [1.807, 2.05) is 0 Å². The van der Waals surface area contributed by atoms with Crippen LogP contribution in [0.15, 0.2) is 24.3 Å². The number of benzene rings is 2. The number of carbonyl (C=O) groups is 4. The van der Waals surface area contributed by atoms with Gasteiger partial charge in [-0.15, -0.1) is 0 Å². The standard InChI is InChI=1S/C14H8O8.4Na/c15-11(16)5-1-2-6(12(17)18)10-8(14(21)22)4-3-7(9(5)10)13(19)20;;;;/h1-4H,(H,15,16)(H,17,18)(H,19,20)(H,21,22);;;;/q;4*+1/p-4. The van der Waals surface area contributed by atoms with Crippen molar-refractivity contribution in [1.29, 1.82) is 0 Å². The smallest absolute Gasteiger partial charge is 0.545 e. The normalized spacial score (nSPS) is 8.77. The number of rotatable bonds is 4. The number of carboxylic acids is 4. The summed E-state index contributed by atoms with van der Waals surface area (Å²) >= 11 is 0. The molecule has 0 radical (unpaired) electrons. The van der Waals surface area contributed by atoms with Crippen LogP contribution in [0, 0.1) is 0 Å². The molecule has 0 saturated carbocycles. The van der Waals surface area contributed by atoms with Crippen molar-refractivity contribution in [3.8, 4) is 0 Å². The van der Waals surface area contributed by atoms with Crippen molar-refractivity contribution in [2.75, 3.05) is 0 Å². The monoisotopic (exact) mass is 392 g/mol. The summed E-state index contributed by atoms with van der Waals surface area (Å²) in [6.07, 6.45) is 0. The molecule has 0 unspecified atom stereocenters. The largest absolute Gasteiger partial charge is 1.00 e. The Morgan fingerprint density at radius 2 is 0.615 bits per heavy atom. The van der Waals surface area contributed by atoms with Crippen LogP contribution in [0.2, 0.25) is 0 Å². The molecule has 0 atom stereocenters. The third-order valence-electron chi connectivity index (χ3n) is 3.04. The van der Waals surface area contributed by atoms with Crippen molar-refractivity contribution in [2.45, 2.75) is 0 Å². The number of hydrogen-bond donors (Lipinski definition) is 0. The van der Waals surface area contributed by atoms with Gasteiger partial charge in [-0.25, -0.2) is 0 Å². The summed E-state index contributed by atoms with van der Waals surface area (Å²) in [5, 5.41) is 43.1. The minimum atomic E-state index is -1.81. The second-order valence-corrected chi connectivity index (χ2v) is 4.22. The average Bonchev–Trinajstić information content (AvgIpc) is 2.43. The summed E-state index contributed by atoms with van der Waals surface area (Å²) in [5.74, 6) is -7.25. The van der Waals surface area contributed by atoms with Crippen LogP contribution in [0.4, 0.5) is 0 Å². The van der Waals surface area contributed by atoms with Crippen LogP contribution in [0.25, 0.3) is 10.8 Å². The number of fused-ring (bicyclic) bond motifs is 1. The van der Waals surface area contributed by atoms with Gasteiger partial charge in [0.05, 0.1) is 23.9 Å². The van der Waals surface area contributed by atoms with E-state index in [2.05, 4.69) is 0 Å². The van der Waals surface area contributed by atoms with Gasteiger partial charge in [0.25, 0.3) is 0 Å². The van der Waals surface area contributed by atoms with Gasteiger partial charge in [0.1, 0.15) is 0 Å². The van der Waals surface area contributed by atoms with E-state index in [0.717, 1.165) is 24.3 Å². The van der Waals surface area contributed by atoms with Crippen molar-refractivity contribution in [1.82, 2.24) is 0 Å². The number of carbonyl (C=O) groups excluding carboxylic acids is 4. The minimum absolute atomic E-state index is 0. The summed E-state index contributed by atoms with van der Waals surface area (Å²) in [6.45, 7) is 0. The summed E-state index contributed by atoms with van der Waals surface area (Å²) in [6, 6.07) is 3.14. The van der Waals surface area contributed by atoms with Crippen LogP contribution in [-0.2, 0) is 0 Å². The molecular weight excluding hydrogens is 388 g/mol. The predicted octanol–water partition coefficient (Wildman–Crippen LogP) is -15.7. The molecule has 0 bridgehead atoms. The molecule has 12 heteroatoms. The van der Waals surface area contributed by atoms with Gasteiger partial charge in [-0.2, -0.15) is 0 Å². The van der Waals surface area contributed by atoms with Crippen LogP contribution in [0.5, 0.6) is 0 Å². The van der Waals surface area contributed by atoms with Gasteiger partial charge in [-0.1, -0.05) is 24.3 Å². The molecule has 0 aliphatic carbocycles. The Balaban J connectivity index is -0.00000132. The van der Waals surface area contributed by atoms with Gasteiger partial charge in [0, 0.05) is 33.0 Å². The van der Waals surface area contributed by atoms with Gasteiger partial charge in [0.2, 0.25) is 0 Å². The maximum Gasteiger partial charge on any atom is 1.00 e. The van der Waals surface area contributed by atoms with E-state index in [1.165, 1.54) is 0 Å². The van der Waals surface area contributed by atoms with Gasteiger partial charge < -0.3 is 39.6 Å². The molecular formula is C14H4Na4O8. The fourth-order valence-electron chi connectivity index (χ4n) is 2.18. The summed E-state index contributed by atoms with van der Waals surface area (Å²) in [7, 11) is 0. The summed E-state index contributed by atoms with van der Waals surface area (Å²) < 4.78 is 0. The molecule has 0 spiro atoms. The zero-order chi connectivity index (χ0) is 16.6. The first-order valence-electron chi connectivity index (χ1n) is 5.70. The zero-order valence-electron chi connectivity index (χ0n) is 14.6. The van der Waals surface area contributed by atoms with Crippen molar-refractivity contribution >= 4 is 34.6 Å². The zero-order valence-corrected chi connectivity index (χ0v) is 22.6. The molecule has 2 aromatic carbocycles. The molecule has 0 N–H and O–H groups in total. The average molecular weight is 392 g/mol. The van der Waals surface area contributed by atoms with E-state index in [0.29, 0.717) is 0 Å². The first-order valence-corrected chi connectivity index (χ1v) is 5.70. The fraction of sp³-hybridized carbons (Fsp3) is 0. The third-order valence-corrected chi connectivity index (χ3v) is 3.04. The van der Waals surface area contributed by atoms with E-state index < -0.39 is 56.9 Å². The maximum atomic E-state index is 11.1. The number of aromatic carboxylic acids is 4. The van der Waals surface area contributed by atoms with E-state index >= 15 is 0 Å². The molecule has 2 rings (SSSR count). The summed E-state index contributed by atoms with van der Waals surface area (Å²) in [4.78, 5) is 44.4. The Kier molecular flexibility index (Phi) is 15.5.